The Bertz CT molecular complexity index is 411. The summed E-state index contributed by atoms with van der Waals surface area (Å²) in [6, 6.07) is 0. The Hall–Kier alpha value is 0.160. The maximum absolute atomic E-state index is 9.49. The molecule has 0 radical (unpaired) electrons. The number of rotatable bonds is 18. The number of unbranched alkanes of at least 4 members (excludes halogenated alkanes) is 15. The van der Waals surface area contributed by atoms with Crippen LogP contribution < -0.4 is 21.3 Å². The Balaban J connectivity index is -0.000000105. The summed E-state index contributed by atoms with van der Waals surface area (Å²) in [4.78, 5) is 21.6. The lowest BCUT2D eigenvalue weighted by molar-refractivity contribution is 0.0247. The molecule has 0 aromatic rings. The largest absolute Gasteiger partial charge is 0.466 e. The van der Waals surface area contributed by atoms with Gasteiger partial charge in [-0.15, -0.1) is 12.4 Å². The van der Waals surface area contributed by atoms with Gasteiger partial charge in [-0.1, -0.05) is 110 Å². The van der Waals surface area contributed by atoms with Crippen LogP contribution in [0.3, 0.4) is 0 Å². The van der Waals surface area contributed by atoms with E-state index in [1.165, 1.54) is 96.3 Å². The predicted molar refractivity (Wildman–Crippen MR) is 183 cm³/mol. The van der Waals surface area contributed by atoms with Crippen LogP contribution in [-0.4, -0.2) is 93.5 Å². The van der Waals surface area contributed by atoms with Gasteiger partial charge in [-0.2, -0.15) is 0 Å². The lowest BCUT2D eigenvalue weighted by Crippen LogP contribution is -2.21. The van der Waals surface area contributed by atoms with E-state index < -0.39 is 20.0 Å². The molecule has 41 heavy (non-hydrogen) atoms. The van der Waals surface area contributed by atoms with Gasteiger partial charge >= 0.3 is 7.82 Å². The lowest BCUT2D eigenvalue weighted by Gasteiger charge is -2.12. The second kappa shape index (κ2) is 56.0. The molecule has 12 heteroatoms. The monoisotopic (exact) mass is 643 g/mol. The number of phosphoric acid groups is 1. The topological polar surface area (TPSA) is 166 Å². The molecule has 0 aliphatic rings. The van der Waals surface area contributed by atoms with E-state index in [0.717, 1.165) is 12.8 Å². The highest BCUT2D eigenvalue weighted by molar-refractivity contribution is 7.45. The highest BCUT2D eigenvalue weighted by Crippen LogP contribution is 2.25. The highest BCUT2D eigenvalue weighted by atomic mass is 35.5. The third-order valence-electron chi connectivity index (χ3n) is 4.91. The second-order valence-electron chi connectivity index (χ2n) is 9.91. The molecule has 0 saturated heterocycles. The first-order valence-electron chi connectivity index (χ1n) is 15.3. The van der Waals surface area contributed by atoms with Crippen LogP contribution in [0.4, 0.5) is 0 Å². The van der Waals surface area contributed by atoms with E-state index >= 15 is 0 Å². The average molecular weight is 643 g/mol. The normalized spacial score (nSPS) is 11.1. The fourth-order valence-corrected chi connectivity index (χ4v) is 3.14. The van der Waals surface area contributed by atoms with Crippen molar-refractivity contribution in [3.05, 3.63) is 0 Å². The van der Waals surface area contributed by atoms with E-state index in [4.69, 9.17) is 19.2 Å². The van der Waals surface area contributed by atoms with Gasteiger partial charge in [0.05, 0.1) is 12.2 Å². The van der Waals surface area contributed by atoms with Crippen molar-refractivity contribution in [1.29, 1.82) is 0 Å². The molecule has 10 nitrogen and oxygen atoms in total. The Labute approximate surface area is 262 Å². The second-order valence-corrected chi connectivity index (χ2v) is 10.9. The van der Waals surface area contributed by atoms with Crippen molar-refractivity contribution in [2.24, 2.45) is 0 Å². The molecule has 0 aliphatic heterocycles. The number of aliphatic hydroxyl groups excluding tert-OH is 2. The van der Waals surface area contributed by atoms with Gasteiger partial charge in [0.2, 0.25) is 0 Å². The van der Waals surface area contributed by atoms with Crippen molar-refractivity contribution in [1.82, 2.24) is 21.3 Å². The first-order valence-corrected chi connectivity index (χ1v) is 16.9. The zero-order chi connectivity index (χ0) is 32.5. The fraction of sp³-hybridized carbons (Fsp3) is 1.00. The minimum atomic E-state index is -4.64. The van der Waals surface area contributed by atoms with E-state index in [9.17, 15) is 10.2 Å². The Morgan fingerprint density at radius 3 is 0.854 bits per heavy atom. The molecule has 0 heterocycles. The Morgan fingerprint density at radius 2 is 0.683 bits per heavy atom. The van der Waals surface area contributed by atoms with E-state index in [1.54, 1.807) is 6.92 Å². The maximum Gasteiger partial charge on any atom is 0.466 e. The highest BCUT2D eigenvalue weighted by Gasteiger charge is 2.09. The van der Waals surface area contributed by atoms with Crippen molar-refractivity contribution < 1.29 is 29.5 Å². The summed E-state index contributed by atoms with van der Waals surface area (Å²) in [7, 11) is 10.4. The van der Waals surface area contributed by atoms with Gasteiger partial charge in [-0.3, -0.25) is 0 Å². The van der Waals surface area contributed by atoms with E-state index in [1.807, 2.05) is 56.4 Å². The lowest BCUT2D eigenvalue weighted by atomic mass is 10.0. The number of hydrogen-bond donors (Lipinski definition) is 9. The van der Waals surface area contributed by atoms with Crippen LogP contribution in [0.25, 0.3) is 0 Å². The SMILES string of the molecule is CCCCCCCCCCCCCCCCCCC(O)C(C)O.CNC.CNC.CNC.CNC.Cl.O=P(O)(O)O. The van der Waals surface area contributed by atoms with Gasteiger partial charge in [0.1, 0.15) is 0 Å². The van der Waals surface area contributed by atoms with Crippen LogP contribution in [0.2, 0.25) is 0 Å². The molecule has 0 aliphatic carbocycles. The van der Waals surface area contributed by atoms with E-state index in [2.05, 4.69) is 28.2 Å². The van der Waals surface area contributed by atoms with Crippen LogP contribution >= 0.6 is 20.2 Å². The summed E-state index contributed by atoms with van der Waals surface area (Å²) >= 11 is 0. The molecule has 260 valence electrons. The summed E-state index contributed by atoms with van der Waals surface area (Å²) in [5.74, 6) is 0. The van der Waals surface area contributed by atoms with Gasteiger partial charge < -0.3 is 46.2 Å². The molecule has 0 aromatic heterocycles. The summed E-state index contributed by atoms with van der Waals surface area (Å²) in [6.45, 7) is 3.94. The van der Waals surface area contributed by atoms with Crippen molar-refractivity contribution in [2.45, 2.75) is 135 Å². The third kappa shape index (κ3) is 119. The minimum absolute atomic E-state index is 0. The van der Waals surface area contributed by atoms with Crippen LogP contribution in [0.1, 0.15) is 123 Å². The Morgan fingerprint density at radius 1 is 0.512 bits per heavy atom. The predicted octanol–water partition coefficient (Wildman–Crippen LogP) is 5.22. The summed E-state index contributed by atoms with van der Waals surface area (Å²) in [6.07, 6.45) is 21.5. The average Bonchev–Trinajstić information content (AvgIpc) is 2.84. The number of nitrogens with one attached hydrogen (secondary N) is 4. The van der Waals surface area contributed by atoms with Crippen LogP contribution in [-0.2, 0) is 4.57 Å². The van der Waals surface area contributed by atoms with Gasteiger partial charge in [0.15, 0.2) is 0 Å². The molecule has 0 fully saturated rings. The molecule has 0 spiro atoms. The van der Waals surface area contributed by atoms with Crippen molar-refractivity contribution >= 4 is 20.2 Å². The molecule has 0 saturated carbocycles. The number of aliphatic hydroxyl groups is 2. The zero-order valence-corrected chi connectivity index (χ0v) is 30.4. The van der Waals surface area contributed by atoms with Crippen molar-refractivity contribution in [3.63, 3.8) is 0 Å². The standard InChI is InChI=1S/C21H44O2.4C2H7N.ClH.H3O4P/c1-3-4-5-6-7-8-9-10-11-12-13-14-15-16-17-18-19-21(23)20(2)22;4*1-3-2;;1-5(2,3)4/h20-23H,3-19H2,1-2H3;4*3H,1-2H3;1H;(H3,1,2,3,4). The number of halogens is 1. The molecule has 2 unspecified atom stereocenters. The van der Waals surface area contributed by atoms with E-state index in [-0.39, 0.29) is 12.4 Å². The first kappa shape index (κ1) is 56.9. The van der Waals surface area contributed by atoms with Gasteiger partial charge in [-0.25, -0.2) is 4.57 Å². The summed E-state index contributed by atoms with van der Waals surface area (Å²) in [5, 5.41) is 29.7. The smallest absolute Gasteiger partial charge is 0.391 e. The quantitative estimate of drug-likeness (QED) is 0.0715. The Kier molecular flexibility index (Phi) is 77.7. The molecule has 9 N–H and O–H groups in total. The first-order chi connectivity index (χ1) is 18.8. The van der Waals surface area contributed by atoms with Crippen molar-refractivity contribution in [2.75, 3.05) is 56.4 Å². The molecule has 0 amide bonds. The third-order valence-corrected chi connectivity index (χ3v) is 4.91. The molecule has 0 bridgehead atoms. The van der Waals surface area contributed by atoms with Crippen molar-refractivity contribution in [3.8, 4) is 0 Å². The van der Waals surface area contributed by atoms with Gasteiger partial charge in [0.25, 0.3) is 0 Å². The maximum atomic E-state index is 9.49. The molecule has 2 atom stereocenters. The molecular formula is C29H76ClN4O6P. The van der Waals surface area contributed by atoms with Crippen LogP contribution in [0.15, 0.2) is 0 Å². The minimum Gasteiger partial charge on any atom is -0.391 e. The summed E-state index contributed by atoms with van der Waals surface area (Å²) in [5.41, 5.74) is 0. The van der Waals surface area contributed by atoms with Gasteiger partial charge in [-0.05, 0) is 69.7 Å². The van der Waals surface area contributed by atoms with Crippen LogP contribution in [0.5, 0.6) is 0 Å². The summed E-state index contributed by atoms with van der Waals surface area (Å²) < 4.78 is 8.88. The van der Waals surface area contributed by atoms with Crippen LogP contribution in [0, 0.1) is 0 Å². The van der Waals surface area contributed by atoms with E-state index in [0.29, 0.717) is 0 Å². The molecular weight excluding hydrogens is 567 g/mol. The number of hydrogen-bond acceptors (Lipinski definition) is 7. The zero-order valence-electron chi connectivity index (χ0n) is 28.7. The fourth-order valence-electron chi connectivity index (χ4n) is 3.14. The molecule has 0 aromatic carbocycles. The van der Waals surface area contributed by atoms with Gasteiger partial charge in [0, 0.05) is 0 Å². The molecule has 0 rings (SSSR count).